The summed E-state index contributed by atoms with van der Waals surface area (Å²) in [6.45, 7) is 0.888. The van der Waals surface area contributed by atoms with Gasteiger partial charge in [0, 0.05) is 11.3 Å². The normalized spacial score (nSPS) is 17.1. The molecule has 1 aromatic carbocycles. The van der Waals surface area contributed by atoms with Crippen LogP contribution < -0.4 is 0 Å². The first-order valence-corrected chi connectivity index (χ1v) is 8.30. The van der Waals surface area contributed by atoms with Crippen molar-refractivity contribution in [2.24, 2.45) is 0 Å². The van der Waals surface area contributed by atoms with Crippen molar-refractivity contribution < 1.29 is 14.3 Å². The van der Waals surface area contributed by atoms with E-state index in [4.69, 9.17) is 9.47 Å². The van der Waals surface area contributed by atoms with Crippen molar-refractivity contribution in [2.75, 3.05) is 6.61 Å². The van der Waals surface area contributed by atoms with Crippen LogP contribution in [0.4, 0.5) is 0 Å². The Bertz CT molecular complexity index is 842. The van der Waals surface area contributed by atoms with Crippen LogP contribution in [0, 0.1) is 0 Å². The number of carbonyl (C=O) groups excluding carboxylic acids is 1. The summed E-state index contributed by atoms with van der Waals surface area (Å²) in [6, 6.07) is 7.63. The van der Waals surface area contributed by atoms with Gasteiger partial charge in [-0.05, 0) is 34.7 Å². The van der Waals surface area contributed by atoms with Crippen LogP contribution in [0.15, 0.2) is 29.6 Å². The highest BCUT2D eigenvalue weighted by molar-refractivity contribution is 7.10. The molecule has 3 heterocycles. The van der Waals surface area contributed by atoms with E-state index in [9.17, 15) is 4.79 Å². The standard InChI is InChI=1S/C16H15N3O3S/c20-16(8-14-11-4-6-23-15(11)3-5-21-14)22-9-10-1-2-12-13(7-10)18-19-17-12/h1-2,4,6-7,14H,3,5,8-9H2,(H,17,18,19)/t14-/m1/s1. The average molecular weight is 329 g/mol. The molecular weight excluding hydrogens is 314 g/mol. The predicted octanol–water partition coefficient (Wildman–Crippen LogP) is 2.77. The molecule has 0 unspecified atom stereocenters. The molecule has 1 aliphatic rings. The first-order valence-electron chi connectivity index (χ1n) is 7.42. The minimum atomic E-state index is -0.255. The Kier molecular flexibility index (Phi) is 3.80. The Morgan fingerprint density at radius 1 is 1.35 bits per heavy atom. The summed E-state index contributed by atoms with van der Waals surface area (Å²) < 4.78 is 11.1. The first-order chi connectivity index (χ1) is 11.3. The molecule has 3 aromatic rings. The van der Waals surface area contributed by atoms with Gasteiger partial charge in [-0.15, -0.1) is 11.3 Å². The summed E-state index contributed by atoms with van der Waals surface area (Å²) in [4.78, 5) is 13.4. The lowest BCUT2D eigenvalue weighted by Crippen LogP contribution is -2.18. The second-order valence-electron chi connectivity index (χ2n) is 5.42. The number of fused-ring (bicyclic) bond motifs is 2. The fourth-order valence-corrected chi connectivity index (χ4v) is 3.66. The second-order valence-corrected chi connectivity index (χ2v) is 6.42. The average Bonchev–Trinajstić information content (AvgIpc) is 3.21. The van der Waals surface area contributed by atoms with E-state index in [2.05, 4.69) is 15.4 Å². The van der Waals surface area contributed by atoms with Gasteiger partial charge in [-0.1, -0.05) is 6.07 Å². The van der Waals surface area contributed by atoms with Crippen LogP contribution in [0.3, 0.4) is 0 Å². The Balaban J connectivity index is 1.37. The molecule has 0 aliphatic carbocycles. The monoisotopic (exact) mass is 329 g/mol. The van der Waals surface area contributed by atoms with Crippen LogP contribution in [-0.4, -0.2) is 28.0 Å². The van der Waals surface area contributed by atoms with Crippen molar-refractivity contribution in [3.8, 4) is 0 Å². The van der Waals surface area contributed by atoms with Gasteiger partial charge < -0.3 is 9.47 Å². The Hall–Kier alpha value is -2.25. The third-order valence-electron chi connectivity index (χ3n) is 3.91. The lowest BCUT2D eigenvalue weighted by molar-refractivity contribution is -0.148. The molecule has 0 saturated heterocycles. The lowest BCUT2D eigenvalue weighted by atomic mass is 10.0. The lowest BCUT2D eigenvalue weighted by Gasteiger charge is -2.22. The Morgan fingerprint density at radius 2 is 2.26 bits per heavy atom. The number of H-pyrrole nitrogens is 1. The predicted molar refractivity (Wildman–Crippen MR) is 85.0 cm³/mol. The molecule has 2 aromatic heterocycles. The molecule has 6 nitrogen and oxygen atoms in total. The number of aromatic nitrogens is 3. The molecule has 0 spiro atoms. The van der Waals surface area contributed by atoms with E-state index < -0.39 is 0 Å². The molecule has 1 aliphatic heterocycles. The third kappa shape index (κ3) is 2.97. The largest absolute Gasteiger partial charge is 0.461 e. The van der Waals surface area contributed by atoms with Gasteiger partial charge in [0.1, 0.15) is 17.6 Å². The Morgan fingerprint density at radius 3 is 3.22 bits per heavy atom. The number of nitrogens with zero attached hydrogens (tertiary/aromatic N) is 2. The van der Waals surface area contributed by atoms with Crippen molar-refractivity contribution in [1.29, 1.82) is 0 Å². The van der Waals surface area contributed by atoms with Crippen LogP contribution in [-0.2, 0) is 27.3 Å². The van der Waals surface area contributed by atoms with Gasteiger partial charge in [-0.2, -0.15) is 15.4 Å². The van der Waals surface area contributed by atoms with Crippen LogP contribution in [0.2, 0.25) is 0 Å². The number of thiophene rings is 1. The topological polar surface area (TPSA) is 77.1 Å². The van der Waals surface area contributed by atoms with Gasteiger partial charge in [0.2, 0.25) is 0 Å². The summed E-state index contributed by atoms with van der Waals surface area (Å²) in [5.74, 6) is -0.255. The van der Waals surface area contributed by atoms with Gasteiger partial charge in [-0.25, -0.2) is 0 Å². The number of hydrogen-bond acceptors (Lipinski definition) is 6. The highest BCUT2D eigenvalue weighted by atomic mass is 32.1. The first kappa shape index (κ1) is 14.3. The van der Waals surface area contributed by atoms with Crippen LogP contribution in [0.5, 0.6) is 0 Å². The van der Waals surface area contributed by atoms with E-state index in [1.54, 1.807) is 11.3 Å². The van der Waals surface area contributed by atoms with E-state index in [1.807, 2.05) is 29.6 Å². The maximum absolute atomic E-state index is 12.1. The maximum atomic E-state index is 12.1. The fourth-order valence-electron chi connectivity index (χ4n) is 2.74. The highest BCUT2D eigenvalue weighted by Crippen LogP contribution is 2.33. The zero-order valence-corrected chi connectivity index (χ0v) is 13.1. The van der Waals surface area contributed by atoms with Gasteiger partial charge in [0.25, 0.3) is 0 Å². The molecule has 0 saturated carbocycles. The van der Waals surface area contributed by atoms with Crippen molar-refractivity contribution in [3.63, 3.8) is 0 Å². The molecule has 0 bridgehead atoms. The van der Waals surface area contributed by atoms with Gasteiger partial charge in [-0.3, -0.25) is 4.79 Å². The van der Waals surface area contributed by atoms with Gasteiger partial charge >= 0.3 is 5.97 Å². The van der Waals surface area contributed by atoms with Crippen LogP contribution in [0.1, 0.15) is 28.5 Å². The van der Waals surface area contributed by atoms with Crippen molar-refractivity contribution in [2.45, 2.75) is 25.6 Å². The van der Waals surface area contributed by atoms with Crippen molar-refractivity contribution >= 4 is 28.3 Å². The quantitative estimate of drug-likeness (QED) is 0.745. The smallest absolute Gasteiger partial charge is 0.309 e. The van der Waals surface area contributed by atoms with E-state index >= 15 is 0 Å². The van der Waals surface area contributed by atoms with Gasteiger partial charge in [0.15, 0.2) is 0 Å². The zero-order valence-electron chi connectivity index (χ0n) is 12.3. The summed E-state index contributed by atoms with van der Waals surface area (Å²) >= 11 is 1.72. The van der Waals surface area contributed by atoms with Crippen LogP contribution in [0.25, 0.3) is 11.0 Å². The van der Waals surface area contributed by atoms with E-state index in [-0.39, 0.29) is 25.1 Å². The summed E-state index contributed by atoms with van der Waals surface area (Å²) in [5.41, 5.74) is 3.57. The maximum Gasteiger partial charge on any atom is 0.309 e. The van der Waals surface area contributed by atoms with E-state index in [0.717, 1.165) is 28.6 Å². The molecule has 0 fully saturated rings. The minimum Gasteiger partial charge on any atom is -0.461 e. The molecule has 23 heavy (non-hydrogen) atoms. The number of ether oxygens (including phenoxy) is 2. The number of carbonyl (C=O) groups is 1. The number of benzene rings is 1. The number of hydrogen-bond donors (Lipinski definition) is 1. The molecule has 118 valence electrons. The number of rotatable bonds is 4. The molecule has 0 amide bonds. The molecule has 1 N–H and O–H groups in total. The molecular formula is C16H15N3O3S. The fraction of sp³-hybridized carbons (Fsp3) is 0.312. The molecule has 0 radical (unpaired) electrons. The zero-order chi connectivity index (χ0) is 15.6. The number of nitrogens with one attached hydrogen (secondary N) is 1. The van der Waals surface area contributed by atoms with Crippen LogP contribution >= 0.6 is 11.3 Å². The summed E-state index contributed by atoms with van der Waals surface area (Å²) in [5, 5.41) is 12.6. The highest BCUT2D eigenvalue weighted by Gasteiger charge is 2.25. The third-order valence-corrected chi connectivity index (χ3v) is 4.90. The molecule has 4 rings (SSSR count). The SMILES string of the molecule is O=C(C[C@H]1OCCc2sccc21)OCc1ccc2n[nH]nc2c1. The second kappa shape index (κ2) is 6.10. The summed E-state index contributed by atoms with van der Waals surface area (Å²) in [6.07, 6.45) is 0.988. The molecule has 1 atom stereocenters. The Labute approximate surface area is 136 Å². The summed E-state index contributed by atoms with van der Waals surface area (Å²) in [7, 11) is 0. The number of esters is 1. The van der Waals surface area contributed by atoms with Crippen molar-refractivity contribution in [3.05, 3.63) is 45.6 Å². The number of aromatic amines is 1. The van der Waals surface area contributed by atoms with Crippen molar-refractivity contribution in [1.82, 2.24) is 15.4 Å². The van der Waals surface area contributed by atoms with E-state index in [0.29, 0.717) is 6.61 Å². The van der Waals surface area contributed by atoms with Gasteiger partial charge in [0.05, 0.1) is 19.1 Å². The minimum absolute atomic E-state index is 0.185. The van der Waals surface area contributed by atoms with E-state index in [1.165, 1.54) is 4.88 Å². The molecule has 7 heteroatoms.